The van der Waals surface area contributed by atoms with Crippen molar-refractivity contribution in [3.8, 4) is 11.6 Å². The van der Waals surface area contributed by atoms with E-state index in [9.17, 15) is 0 Å². The number of hydrogen-bond acceptors (Lipinski definition) is 3. The molecule has 2 rings (SSSR count). The normalized spacial score (nSPS) is 10.4. The summed E-state index contributed by atoms with van der Waals surface area (Å²) >= 11 is 6.08. The van der Waals surface area contributed by atoms with Crippen molar-refractivity contribution < 1.29 is 9.84 Å². The fourth-order valence-corrected chi connectivity index (χ4v) is 1.87. The van der Waals surface area contributed by atoms with Gasteiger partial charge >= 0.3 is 0 Å². The third-order valence-electron chi connectivity index (χ3n) is 2.64. The molecule has 1 aromatic carbocycles. The minimum Gasteiger partial charge on any atom is -0.437 e. The van der Waals surface area contributed by atoms with Gasteiger partial charge in [0.15, 0.2) is 0 Å². The summed E-state index contributed by atoms with van der Waals surface area (Å²) in [5, 5.41) is 9.63. The lowest BCUT2D eigenvalue weighted by atomic mass is 10.2. The lowest BCUT2D eigenvalue weighted by molar-refractivity contribution is 0.280. The average Bonchev–Trinajstić information content (AvgIpc) is 2.33. The standard InChI is InChI=1S/C14H14ClNO2/c1-9-3-5-13(12(15)7-9)18-14-6-4-11(8-17)10(2)16-14/h3-7,17H,8H2,1-2H3. The number of halogens is 1. The first-order valence-corrected chi connectivity index (χ1v) is 5.99. The van der Waals surface area contributed by atoms with Crippen LogP contribution in [0.4, 0.5) is 0 Å². The van der Waals surface area contributed by atoms with Crippen molar-refractivity contribution in [2.45, 2.75) is 20.5 Å². The number of pyridine rings is 1. The van der Waals surface area contributed by atoms with Crippen molar-refractivity contribution in [3.05, 3.63) is 52.2 Å². The van der Waals surface area contributed by atoms with E-state index in [-0.39, 0.29) is 6.61 Å². The zero-order valence-electron chi connectivity index (χ0n) is 10.3. The Balaban J connectivity index is 2.26. The molecule has 0 saturated carbocycles. The van der Waals surface area contributed by atoms with Crippen LogP contribution in [0.5, 0.6) is 11.6 Å². The molecular formula is C14H14ClNO2. The molecule has 0 radical (unpaired) electrons. The van der Waals surface area contributed by atoms with Gasteiger partial charge in [0, 0.05) is 11.8 Å². The smallest absolute Gasteiger partial charge is 0.219 e. The molecule has 0 atom stereocenters. The van der Waals surface area contributed by atoms with Crippen LogP contribution in [0.2, 0.25) is 5.02 Å². The van der Waals surface area contributed by atoms with E-state index in [4.69, 9.17) is 21.4 Å². The van der Waals surface area contributed by atoms with Gasteiger partial charge in [-0.05, 0) is 43.2 Å². The molecule has 1 N–H and O–H groups in total. The van der Waals surface area contributed by atoms with Crippen molar-refractivity contribution in [2.24, 2.45) is 0 Å². The van der Waals surface area contributed by atoms with Crippen molar-refractivity contribution in [3.63, 3.8) is 0 Å². The molecule has 0 aliphatic carbocycles. The molecule has 4 heteroatoms. The van der Waals surface area contributed by atoms with E-state index in [1.54, 1.807) is 12.1 Å². The van der Waals surface area contributed by atoms with E-state index in [0.29, 0.717) is 16.7 Å². The third-order valence-corrected chi connectivity index (χ3v) is 2.94. The van der Waals surface area contributed by atoms with Gasteiger partial charge in [-0.15, -0.1) is 0 Å². The van der Waals surface area contributed by atoms with Crippen LogP contribution >= 0.6 is 11.6 Å². The fraction of sp³-hybridized carbons (Fsp3) is 0.214. The lowest BCUT2D eigenvalue weighted by Gasteiger charge is -2.09. The second-order valence-corrected chi connectivity index (χ2v) is 4.50. The second-order valence-electron chi connectivity index (χ2n) is 4.09. The highest BCUT2D eigenvalue weighted by Gasteiger charge is 2.06. The molecule has 94 valence electrons. The molecule has 0 spiro atoms. The van der Waals surface area contributed by atoms with Gasteiger partial charge in [0.05, 0.1) is 11.6 Å². The van der Waals surface area contributed by atoms with Crippen LogP contribution in [0.15, 0.2) is 30.3 Å². The summed E-state index contributed by atoms with van der Waals surface area (Å²) in [5.41, 5.74) is 2.61. The van der Waals surface area contributed by atoms with Crippen molar-refractivity contribution in [1.82, 2.24) is 4.98 Å². The molecule has 1 aromatic heterocycles. The van der Waals surface area contributed by atoms with Crippen LogP contribution in [0, 0.1) is 13.8 Å². The molecule has 0 unspecified atom stereocenters. The highest BCUT2D eigenvalue weighted by Crippen LogP contribution is 2.29. The first-order chi connectivity index (χ1) is 8.60. The summed E-state index contributed by atoms with van der Waals surface area (Å²) in [5.74, 6) is 1.04. The van der Waals surface area contributed by atoms with Gasteiger partial charge in [-0.1, -0.05) is 17.7 Å². The summed E-state index contributed by atoms with van der Waals surface area (Å²) in [7, 11) is 0. The molecule has 0 saturated heterocycles. The van der Waals surface area contributed by atoms with Crippen molar-refractivity contribution in [1.29, 1.82) is 0 Å². The molecule has 2 aromatic rings. The van der Waals surface area contributed by atoms with Gasteiger partial charge in [0.2, 0.25) is 5.88 Å². The second kappa shape index (κ2) is 5.38. The maximum Gasteiger partial charge on any atom is 0.219 e. The van der Waals surface area contributed by atoms with Gasteiger partial charge in [0.1, 0.15) is 5.75 Å². The Morgan fingerprint density at radius 1 is 1.22 bits per heavy atom. The number of aliphatic hydroxyl groups is 1. The molecule has 0 aliphatic rings. The lowest BCUT2D eigenvalue weighted by Crippen LogP contribution is -1.95. The Labute approximate surface area is 111 Å². The Kier molecular flexibility index (Phi) is 3.84. The fourth-order valence-electron chi connectivity index (χ4n) is 1.59. The minimum absolute atomic E-state index is 0.0234. The number of rotatable bonds is 3. The third kappa shape index (κ3) is 2.81. The molecule has 0 aliphatic heterocycles. The van der Waals surface area contributed by atoms with E-state index >= 15 is 0 Å². The van der Waals surface area contributed by atoms with E-state index in [2.05, 4.69) is 4.98 Å². The van der Waals surface area contributed by atoms with Gasteiger partial charge < -0.3 is 9.84 Å². The maximum atomic E-state index is 9.07. The van der Waals surface area contributed by atoms with Crippen LogP contribution < -0.4 is 4.74 Å². The van der Waals surface area contributed by atoms with Gasteiger partial charge in [-0.25, -0.2) is 4.98 Å². The predicted octanol–water partition coefficient (Wildman–Crippen LogP) is 3.64. The average molecular weight is 264 g/mol. The van der Waals surface area contributed by atoms with Crippen LogP contribution in [-0.2, 0) is 6.61 Å². The zero-order chi connectivity index (χ0) is 13.1. The highest BCUT2D eigenvalue weighted by molar-refractivity contribution is 6.32. The predicted molar refractivity (Wildman–Crippen MR) is 71.2 cm³/mol. The summed E-state index contributed by atoms with van der Waals surface area (Å²) in [4.78, 5) is 4.26. The molecule has 0 amide bonds. The minimum atomic E-state index is -0.0234. The van der Waals surface area contributed by atoms with Crippen LogP contribution in [-0.4, -0.2) is 10.1 Å². The summed E-state index contributed by atoms with van der Waals surface area (Å²) in [6.07, 6.45) is 0. The Hall–Kier alpha value is -1.58. The molecule has 1 heterocycles. The summed E-state index contributed by atoms with van der Waals surface area (Å²) in [6.45, 7) is 3.77. The Morgan fingerprint density at radius 2 is 2.00 bits per heavy atom. The number of ether oxygens (including phenoxy) is 1. The monoisotopic (exact) mass is 263 g/mol. The number of nitrogens with zero attached hydrogens (tertiary/aromatic N) is 1. The first kappa shape index (κ1) is 12.9. The van der Waals surface area contributed by atoms with E-state index in [0.717, 1.165) is 16.8 Å². The van der Waals surface area contributed by atoms with E-state index < -0.39 is 0 Å². The van der Waals surface area contributed by atoms with Crippen molar-refractivity contribution >= 4 is 11.6 Å². The zero-order valence-corrected chi connectivity index (χ0v) is 11.0. The van der Waals surface area contributed by atoms with Gasteiger partial charge in [-0.3, -0.25) is 0 Å². The highest BCUT2D eigenvalue weighted by atomic mass is 35.5. The maximum absolute atomic E-state index is 9.07. The molecular weight excluding hydrogens is 250 g/mol. The summed E-state index contributed by atoms with van der Waals surface area (Å²) < 4.78 is 5.62. The van der Waals surface area contributed by atoms with Crippen LogP contribution in [0.25, 0.3) is 0 Å². The SMILES string of the molecule is Cc1ccc(Oc2ccc(CO)c(C)n2)c(Cl)c1. The molecule has 18 heavy (non-hydrogen) atoms. The molecule has 0 fully saturated rings. The Bertz CT molecular complexity index is 570. The number of aliphatic hydroxyl groups excluding tert-OH is 1. The Morgan fingerprint density at radius 3 is 2.61 bits per heavy atom. The number of aryl methyl sites for hydroxylation is 2. The van der Waals surface area contributed by atoms with Gasteiger partial charge in [0.25, 0.3) is 0 Å². The quantitative estimate of drug-likeness (QED) is 0.919. The summed E-state index contributed by atoms with van der Waals surface area (Å²) in [6, 6.07) is 9.09. The van der Waals surface area contributed by atoms with Crippen LogP contribution in [0.3, 0.4) is 0 Å². The van der Waals surface area contributed by atoms with E-state index in [1.807, 2.05) is 32.0 Å². The van der Waals surface area contributed by atoms with Gasteiger partial charge in [-0.2, -0.15) is 0 Å². The van der Waals surface area contributed by atoms with Crippen LogP contribution in [0.1, 0.15) is 16.8 Å². The number of benzene rings is 1. The van der Waals surface area contributed by atoms with E-state index in [1.165, 1.54) is 0 Å². The number of aromatic nitrogens is 1. The molecule has 3 nitrogen and oxygen atoms in total. The topological polar surface area (TPSA) is 42.4 Å². The number of hydrogen-bond donors (Lipinski definition) is 1. The largest absolute Gasteiger partial charge is 0.437 e. The molecule has 0 bridgehead atoms. The first-order valence-electron chi connectivity index (χ1n) is 5.61. The van der Waals surface area contributed by atoms with Crippen molar-refractivity contribution in [2.75, 3.05) is 0 Å².